The van der Waals surface area contributed by atoms with Gasteiger partial charge in [0.15, 0.2) is 23.0 Å². The molecule has 2 heterocycles. The second-order valence-corrected chi connectivity index (χ2v) is 8.85. The number of nitrogens with one attached hydrogen (secondary N) is 1. The van der Waals surface area contributed by atoms with Crippen LogP contribution in [0.2, 0.25) is 0 Å². The number of hydrogen-bond donors (Lipinski definition) is 1. The summed E-state index contributed by atoms with van der Waals surface area (Å²) in [7, 11) is 1.57. The number of methoxy groups -OCH3 is 1. The molecule has 2 amide bonds. The molecular weight excluding hydrogens is 462 g/mol. The first-order valence-electron chi connectivity index (χ1n) is 11.8. The fourth-order valence-corrected chi connectivity index (χ4v) is 4.32. The van der Waals surface area contributed by atoms with Crippen LogP contribution in [0.1, 0.15) is 39.2 Å². The number of ether oxygens (including phenoxy) is 3. The largest absolute Gasteiger partial charge is 0.454 e. The van der Waals surface area contributed by atoms with E-state index in [1.54, 1.807) is 18.1 Å². The Labute approximate surface area is 210 Å². The average Bonchev–Trinajstić information content (AvgIpc) is 3.51. The maximum absolute atomic E-state index is 13.2. The first-order chi connectivity index (χ1) is 17.4. The third-order valence-corrected chi connectivity index (χ3v) is 6.04. The number of aromatic nitrogens is 1. The first kappa shape index (κ1) is 25.2. The fraction of sp³-hybridized carbons (Fsp3) is 0.370. The van der Waals surface area contributed by atoms with Gasteiger partial charge in [0.05, 0.1) is 6.61 Å². The minimum absolute atomic E-state index is 0.140. The van der Waals surface area contributed by atoms with Crippen molar-refractivity contribution in [1.82, 2.24) is 15.4 Å². The molecule has 0 unspecified atom stereocenters. The van der Waals surface area contributed by atoms with Gasteiger partial charge in [-0.15, -0.1) is 0 Å². The van der Waals surface area contributed by atoms with Crippen LogP contribution in [-0.4, -0.2) is 55.5 Å². The number of carbonyl (C=O) groups excluding carboxylic acids is 2. The lowest BCUT2D eigenvalue weighted by atomic mass is 9.98. The van der Waals surface area contributed by atoms with Gasteiger partial charge in [-0.2, -0.15) is 0 Å². The number of carbonyl (C=O) groups is 2. The molecule has 0 bridgehead atoms. The maximum Gasteiger partial charge on any atom is 0.276 e. The van der Waals surface area contributed by atoms with Gasteiger partial charge in [0.1, 0.15) is 0 Å². The standard InChI is InChI=1S/C27H31N3O6/c1-17-11-18(2)26(19(3)12-17)24-14-21(29-36-24)27(32)30(9-10-33-4)8-7-25(31)28-15-20-5-6-22-23(13-20)35-16-34-22/h5-6,11-14H,7-10,15-16H2,1-4H3,(H,28,31). The minimum Gasteiger partial charge on any atom is -0.454 e. The van der Waals surface area contributed by atoms with Crippen LogP contribution in [0.25, 0.3) is 11.3 Å². The molecule has 1 aliphatic heterocycles. The Balaban J connectivity index is 1.38. The molecule has 0 saturated heterocycles. The summed E-state index contributed by atoms with van der Waals surface area (Å²) < 4.78 is 21.4. The van der Waals surface area contributed by atoms with Crippen LogP contribution >= 0.6 is 0 Å². The minimum atomic E-state index is -0.312. The summed E-state index contributed by atoms with van der Waals surface area (Å²) in [5.41, 5.74) is 5.29. The van der Waals surface area contributed by atoms with Crippen LogP contribution in [0.15, 0.2) is 40.9 Å². The Morgan fingerprint density at radius 1 is 1.03 bits per heavy atom. The number of hydrogen-bond acceptors (Lipinski definition) is 7. The van der Waals surface area contributed by atoms with Crippen molar-refractivity contribution in [2.45, 2.75) is 33.7 Å². The highest BCUT2D eigenvalue weighted by Gasteiger charge is 2.22. The number of aryl methyl sites for hydroxylation is 3. The second-order valence-electron chi connectivity index (χ2n) is 8.85. The molecule has 0 spiro atoms. The summed E-state index contributed by atoms with van der Waals surface area (Å²) in [6.45, 7) is 7.50. The van der Waals surface area contributed by atoms with Crippen molar-refractivity contribution in [3.8, 4) is 22.8 Å². The van der Waals surface area contributed by atoms with Crippen LogP contribution in [0.5, 0.6) is 11.5 Å². The lowest BCUT2D eigenvalue weighted by molar-refractivity contribution is -0.121. The topological polar surface area (TPSA) is 103 Å². The zero-order valence-electron chi connectivity index (χ0n) is 21.1. The predicted octanol–water partition coefficient (Wildman–Crippen LogP) is 3.79. The van der Waals surface area contributed by atoms with Gasteiger partial charge in [-0.3, -0.25) is 9.59 Å². The van der Waals surface area contributed by atoms with E-state index in [0.29, 0.717) is 37.0 Å². The van der Waals surface area contributed by atoms with Gasteiger partial charge in [0.2, 0.25) is 12.7 Å². The molecule has 1 N–H and O–H groups in total. The molecule has 0 radical (unpaired) electrons. The van der Waals surface area contributed by atoms with Gasteiger partial charge in [-0.1, -0.05) is 28.9 Å². The Kier molecular flexibility index (Phi) is 7.90. The normalized spacial score (nSPS) is 12.0. The SMILES string of the molecule is COCCN(CCC(=O)NCc1ccc2c(c1)OCO2)C(=O)c1cc(-c2c(C)cc(C)cc2C)on1. The van der Waals surface area contributed by atoms with Crippen LogP contribution in [0.3, 0.4) is 0 Å². The molecule has 1 aliphatic rings. The third kappa shape index (κ3) is 5.85. The van der Waals surface area contributed by atoms with Gasteiger partial charge in [0, 0.05) is 44.8 Å². The molecule has 0 saturated carbocycles. The Bertz CT molecular complexity index is 1230. The van der Waals surface area contributed by atoms with Crippen molar-refractivity contribution in [3.05, 3.63) is 64.3 Å². The number of benzene rings is 2. The molecule has 190 valence electrons. The molecular formula is C27H31N3O6. The monoisotopic (exact) mass is 493 g/mol. The molecule has 9 heteroatoms. The zero-order chi connectivity index (χ0) is 25.7. The summed E-state index contributed by atoms with van der Waals surface area (Å²) in [6, 6.07) is 11.3. The van der Waals surface area contributed by atoms with E-state index >= 15 is 0 Å². The predicted molar refractivity (Wildman–Crippen MR) is 133 cm³/mol. The summed E-state index contributed by atoms with van der Waals surface area (Å²) >= 11 is 0. The van der Waals surface area contributed by atoms with Gasteiger partial charge < -0.3 is 29.0 Å². The van der Waals surface area contributed by atoms with Gasteiger partial charge >= 0.3 is 0 Å². The van der Waals surface area contributed by atoms with Crippen molar-refractivity contribution >= 4 is 11.8 Å². The third-order valence-electron chi connectivity index (χ3n) is 6.04. The van der Waals surface area contributed by atoms with Gasteiger partial charge in [-0.25, -0.2) is 0 Å². The smallest absolute Gasteiger partial charge is 0.276 e. The van der Waals surface area contributed by atoms with Crippen molar-refractivity contribution in [1.29, 1.82) is 0 Å². The van der Waals surface area contributed by atoms with E-state index in [1.165, 1.54) is 0 Å². The first-order valence-corrected chi connectivity index (χ1v) is 11.8. The average molecular weight is 494 g/mol. The lowest BCUT2D eigenvalue weighted by Crippen LogP contribution is -2.37. The highest BCUT2D eigenvalue weighted by molar-refractivity contribution is 5.93. The number of amides is 2. The van der Waals surface area contributed by atoms with Crippen molar-refractivity contribution < 1.29 is 28.3 Å². The fourth-order valence-electron chi connectivity index (χ4n) is 4.32. The summed E-state index contributed by atoms with van der Waals surface area (Å²) in [4.78, 5) is 27.3. The van der Waals surface area contributed by atoms with E-state index in [-0.39, 0.29) is 37.3 Å². The Morgan fingerprint density at radius 3 is 2.53 bits per heavy atom. The zero-order valence-corrected chi connectivity index (χ0v) is 21.1. The number of nitrogens with zero attached hydrogens (tertiary/aromatic N) is 2. The molecule has 9 nitrogen and oxygen atoms in total. The van der Waals surface area contributed by atoms with Crippen LogP contribution in [0, 0.1) is 20.8 Å². The second kappa shape index (κ2) is 11.3. The number of rotatable bonds is 10. The summed E-state index contributed by atoms with van der Waals surface area (Å²) in [5.74, 6) is 1.42. The van der Waals surface area contributed by atoms with Crippen LogP contribution in [-0.2, 0) is 16.1 Å². The molecule has 0 atom stereocenters. The Hall–Kier alpha value is -3.85. The molecule has 3 aromatic rings. The van der Waals surface area contributed by atoms with Crippen LogP contribution in [0.4, 0.5) is 0 Å². The molecule has 36 heavy (non-hydrogen) atoms. The van der Waals surface area contributed by atoms with Gasteiger partial charge in [0.25, 0.3) is 5.91 Å². The molecule has 2 aromatic carbocycles. The van der Waals surface area contributed by atoms with Crippen molar-refractivity contribution in [2.24, 2.45) is 0 Å². The number of fused-ring (bicyclic) bond motifs is 1. The molecule has 4 rings (SSSR count). The summed E-state index contributed by atoms with van der Waals surface area (Å²) in [5, 5.41) is 6.91. The van der Waals surface area contributed by atoms with Crippen LogP contribution < -0.4 is 14.8 Å². The van der Waals surface area contributed by atoms with E-state index in [1.807, 2.05) is 39.0 Å². The van der Waals surface area contributed by atoms with E-state index in [4.69, 9.17) is 18.7 Å². The van der Waals surface area contributed by atoms with E-state index < -0.39 is 0 Å². The van der Waals surface area contributed by atoms with Crippen molar-refractivity contribution in [2.75, 3.05) is 33.6 Å². The lowest BCUT2D eigenvalue weighted by Gasteiger charge is -2.21. The maximum atomic E-state index is 13.2. The van der Waals surface area contributed by atoms with E-state index in [9.17, 15) is 9.59 Å². The summed E-state index contributed by atoms with van der Waals surface area (Å²) in [6.07, 6.45) is 0.140. The van der Waals surface area contributed by atoms with E-state index in [2.05, 4.69) is 22.6 Å². The molecule has 1 aromatic heterocycles. The highest BCUT2D eigenvalue weighted by atomic mass is 16.7. The highest BCUT2D eigenvalue weighted by Crippen LogP contribution is 2.32. The Morgan fingerprint density at radius 2 is 1.78 bits per heavy atom. The van der Waals surface area contributed by atoms with Crippen molar-refractivity contribution in [3.63, 3.8) is 0 Å². The quantitative estimate of drug-likeness (QED) is 0.458. The van der Waals surface area contributed by atoms with Gasteiger partial charge in [-0.05, 0) is 49.6 Å². The molecule has 0 fully saturated rings. The van der Waals surface area contributed by atoms with E-state index in [0.717, 1.165) is 27.8 Å². The molecule has 0 aliphatic carbocycles.